The Labute approximate surface area is 133 Å². The fourth-order valence-electron chi connectivity index (χ4n) is 2.23. The zero-order valence-corrected chi connectivity index (χ0v) is 13.8. The topological polar surface area (TPSA) is 68.5 Å². The molecule has 7 heteroatoms. The predicted octanol–water partition coefficient (Wildman–Crippen LogP) is 3.22. The Morgan fingerprint density at radius 3 is 2.55 bits per heavy atom. The van der Waals surface area contributed by atoms with Gasteiger partial charge in [0.25, 0.3) is 0 Å². The van der Waals surface area contributed by atoms with Crippen LogP contribution in [0.5, 0.6) is 0 Å². The van der Waals surface area contributed by atoms with Gasteiger partial charge in [-0.25, -0.2) is 9.67 Å². The van der Waals surface area contributed by atoms with Gasteiger partial charge in [-0.1, -0.05) is 0 Å². The molecule has 1 N–H and O–H groups in total. The van der Waals surface area contributed by atoms with E-state index in [1.807, 2.05) is 38.2 Å². The zero-order chi connectivity index (χ0) is 15.7. The lowest BCUT2D eigenvalue weighted by atomic mass is 10.3. The van der Waals surface area contributed by atoms with Crippen LogP contribution >= 0.6 is 11.3 Å². The minimum Gasteiger partial charge on any atom is -0.360 e. The molecular formula is C15H18N6S. The van der Waals surface area contributed by atoms with E-state index in [1.165, 1.54) is 4.88 Å². The van der Waals surface area contributed by atoms with E-state index in [-0.39, 0.29) is 6.04 Å². The minimum atomic E-state index is 0.104. The number of rotatable bonds is 4. The average Bonchev–Trinajstić information content (AvgIpc) is 3.05. The second-order valence-electron chi connectivity index (χ2n) is 5.29. The summed E-state index contributed by atoms with van der Waals surface area (Å²) in [6.07, 6.45) is 1.88. The first-order chi connectivity index (χ1) is 10.5. The standard InChI is InChI=1S/C15H18N6S/c1-9-7-10(2)21(20-9)14-6-5-13(18-19-14)17-12(4)15-16-8-11(3)22-15/h5-8,12H,1-4H3,(H,17,18). The maximum absolute atomic E-state index is 4.41. The molecular weight excluding hydrogens is 296 g/mol. The van der Waals surface area contributed by atoms with Crippen LogP contribution in [0.15, 0.2) is 24.4 Å². The van der Waals surface area contributed by atoms with E-state index in [0.29, 0.717) is 5.82 Å². The van der Waals surface area contributed by atoms with Crippen molar-refractivity contribution in [3.05, 3.63) is 45.7 Å². The van der Waals surface area contributed by atoms with Crippen LogP contribution in [0.25, 0.3) is 5.82 Å². The Morgan fingerprint density at radius 2 is 2.00 bits per heavy atom. The van der Waals surface area contributed by atoms with Gasteiger partial charge in [-0.2, -0.15) is 5.10 Å². The summed E-state index contributed by atoms with van der Waals surface area (Å²) in [5.41, 5.74) is 2.01. The fourth-order valence-corrected chi connectivity index (χ4v) is 3.01. The zero-order valence-electron chi connectivity index (χ0n) is 13.0. The number of nitrogens with zero attached hydrogens (tertiary/aromatic N) is 5. The third-order valence-electron chi connectivity index (χ3n) is 3.25. The van der Waals surface area contributed by atoms with E-state index < -0.39 is 0 Å². The van der Waals surface area contributed by atoms with Gasteiger partial charge in [0, 0.05) is 16.8 Å². The molecule has 0 aliphatic heterocycles. The second-order valence-corrected chi connectivity index (χ2v) is 6.56. The Morgan fingerprint density at radius 1 is 1.18 bits per heavy atom. The third kappa shape index (κ3) is 2.99. The average molecular weight is 314 g/mol. The van der Waals surface area contributed by atoms with Gasteiger partial charge in [0.1, 0.15) is 10.8 Å². The van der Waals surface area contributed by atoms with E-state index in [1.54, 1.807) is 16.0 Å². The number of hydrogen-bond donors (Lipinski definition) is 1. The summed E-state index contributed by atoms with van der Waals surface area (Å²) in [4.78, 5) is 5.59. The van der Waals surface area contributed by atoms with E-state index in [2.05, 4.69) is 39.4 Å². The summed E-state index contributed by atoms with van der Waals surface area (Å²) in [5.74, 6) is 1.44. The molecule has 22 heavy (non-hydrogen) atoms. The van der Waals surface area contributed by atoms with Crippen molar-refractivity contribution in [2.75, 3.05) is 5.32 Å². The van der Waals surface area contributed by atoms with Crippen molar-refractivity contribution in [1.82, 2.24) is 25.0 Å². The number of aromatic nitrogens is 5. The Kier molecular flexibility index (Phi) is 3.89. The lowest BCUT2D eigenvalue weighted by Gasteiger charge is -2.11. The molecule has 3 heterocycles. The van der Waals surface area contributed by atoms with E-state index in [4.69, 9.17) is 0 Å². The van der Waals surface area contributed by atoms with Crippen molar-refractivity contribution >= 4 is 17.2 Å². The second kappa shape index (κ2) is 5.84. The number of thiazole rings is 1. The fraction of sp³-hybridized carbons (Fsp3) is 0.333. The molecule has 0 aliphatic rings. The SMILES string of the molecule is Cc1cc(C)n(-c2ccc(NC(C)c3ncc(C)s3)nn2)n1. The molecule has 1 unspecified atom stereocenters. The van der Waals surface area contributed by atoms with Crippen LogP contribution in [-0.2, 0) is 0 Å². The maximum atomic E-state index is 4.41. The molecule has 3 rings (SSSR count). The normalized spacial score (nSPS) is 12.4. The highest BCUT2D eigenvalue weighted by atomic mass is 32.1. The summed E-state index contributed by atoms with van der Waals surface area (Å²) in [6.45, 7) is 8.08. The van der Waals surface area contributed by atoms with Crippen LogP contribution in [0.4, 0.5) is 5.82 Å². The number of aryl methyl sites for hydroxylation is 3. The number of hydrogen-bond acceptors (Lipinski definition) is 6. The molecule has 114 valence electrons. The molecule has 0 aliphatic carbocycles. The summed E-state index contributed by atoms with van der Waals surface area (Å²) in [5, 5.41) is 17.2. The van der Waals surface area contributed by atoms with Crippen LogP contribution in [0.3, 0.4) is 0 Å². The molecule has 3 aromatic heterocycles. The Balaban J connectivity index is 1.75. The van der Waals surface area contributed by atoms with E-state index in [0.717, 1.165) is 22.2 Å². The summed E-state index contributed by atoms with van der Waals surface area (Å²) >= 11 is 1.68. The van der Waals surface area contributed by atoms with Crippen molar-refractivity contribution in [3.8, 4) is 5.82 Å². The number of anilines is 1. The highest BCUT2D eigenvalue weighted by molar-refractivity contribution is 7.11. The van der Waals surface area contributed by atoms with Crippen LogP contribution < -0.4 is 5.32 Å². The molecule has 0 radical (unpaired) electrons. The van der Waals surface area contributed by atoms with E-state index >= 15 is 0 Å². The van der Waals surface area contributed by atoms with Crippen molar-refractivity contribution in [3.63, 3.8) is 0 Å². The Hall–Kier alpha value is -2.28. The molecule has 1 atom stereocenters. The summed E-state index contributed by atoms with van der Waals surface area (Å²) < 4.78 is 1.79. The van der Waals surface area contributed by atoms with Crippen molar-refractivity contribution in [1.29, 1.82) is 0 Å². The Bertz CT molecular complexity index is 774. The maximum Gasteiger partial charge on any atom is 0.176 e. The highest BCUT2D eigenvalue weighted by Gasteiger charge is 2.11. The molecule has 0 amide bonds. The van der Waals surface area contributed by atoms with Gasteiger partial charge in [0.2, 0.25) is 0 Å². The minimum absolute atomic E-state index is 0.104. The van der Waals surface area contributed by atoms with Crippen LogP contribution in [0, 0.1) is 20.8 Å². The van der Waals surface area contributed by atoms with Gasteiger partial charge >= 0.3 is 0 Å². The molecule has 6 nitrogen and oxygen atoms in total. The van der Waals surface area contributed by atoms with Gasteiger partial charge < -0.3 is 5.32 Å². The lowest BCUT2D eigenvalue weighted by Crippen LogP contribution is -2.09. The summed E-state index contributed by atoms with van der Waals surface area (Å²) in [6, 6.07) is 5.94. The quantitative estimate of drug-likeness (QED) is 0.801. The molecule has 0 spiro atoms. The van der Waals surface area contributed by atoms with Gasteiger partial charge in [-0.15, -0.1) is 21.5 Å². The van der Waals surface area contributed by atoms with Crippen molar-refractivity contribution in [2.24, 2.45) is 0 Å². The largest absolute Gasteiger partial charge is 0.360 e. The van der Waals surface area contributed by atoms with Crippen LogP contribution in [0.2, 0.25) is 0 Å². The molecule has 0 saturated heterocycles. The smallest absolute Gasteiger partial charge is 0.176 e. The molecule has 0 aromatic carbocycles. The first-order valence-electron chi connectivity index (χ1n) is 7.09. The van der Waals surface area contributed by atoms with Crippen LogP contribution in [0.1, 0.15) is 34.2 Å². The summed E-state index contributed by atoms with van der Waals surface area (Å²) in [7, 11) is 0. The van der Waals surface area contributed by atoms with Gasteiger partial charge in [0.05, 0.1) is 11.7 Å². The molecule has 0 bridgehead atoms. The van der Waals surface area contributed by atoms with Gasteiger partial charge in [-0.05, 0) is 45.9 Å². The molecule has 0 fully saturated rings. The monoisotopic (exact) mass is 314 g/mol. The third-order valence-corrected chi connectivity index (χ3v) is 4.35. The van der Waals surface area contributed by atoms with Crippen molar-refractivity contribution in [2.45, 2.75) is 33.7 Å². The van der Waals surface area contributed by atoms with Crippen molar-refractivity contribution < 1.29 is 0 Å². The molecule has 3 aromatic rings. The highest BCUT2D eigenvalue weighted by Crippen LogP contribution is 2.22. The predicted molar refractivity (Wildman–Crippen MR) is 87.5 cm³/mol. The first-order valence-corrected chi connectivity index (χ1v) is 7.91. The van der Waals surface area contributed by atoms with Gasteiger partial charge in [-0.3, -0.25) is 0 Å². The number of nitrogens with one attached hydrogen (secondary N) is 1. The van der Waals surface area contributed by atoms with Crippen LogP contribution in [-0.4, -0.2) is 25.0 Å². The molecule has 0 saturated carbocycles. The first kappa shape index (κ1) is 14.6. The lowest BCUT2D eigenvalue weighted by molar-refractivity contribution is 0.776. The van der Waals surface area contributed by atoms with Gasteiger partial charge in [0.15, 0.2) is 5.82 Å². The van der Waals surface area contributed by atoms with E-state index in [9.17, 15) is 0 Å².